The molecule has 3 heteroatoms. The number of hydrogen-bond donors (Lipinski definition) is 0. The van der Waals surface area contributed by atoms with Crippen LogP contribution in [0.15, 0.2) is 273 Å². The van der Waals surface area contributed by atoms with Crippen molar-refractivity contribution in [3.05, 3.63) is 273 Å². The highest BCUT2D eigenvalue weighted by molar-refractivity contribution is 6.11. The molecule has 0 unspecified atom stereocenters. The molecule has 0 bridgehead atoms. The predicted molar refractivity (Wildman–Crippen MR) is 284 cm³/mol. The second-order valence-electron chi connectivity index (χ2n) is 17.0. The summed E-state index contributed by atoms with van der Waals surface area (Å²) in [6.45, 7) is 0. The number of hydrogen-bond acceptors (Lipinski definition) is 2. The Balaban J connectivity index is 0.987. The van der Waals surface area contributed by atoms with Crippen LogP contribution >= 0.6 is 0 Å². The minimum absolute atomic E-state index is 1.06. The van der Waals surface area contributed by atoms with Crippen molar-refractivity contribution in [2.24, 2.45) is 0 Å². The number of rotatable bonds is 10. The summed E-state index contributed by atoms with van der Waals surface area (Å²) in [5.74, 6) is 0. The third-order valence-electron chi connectivity index (χ3n) is 12.9. The lowest BCUT2D eigenvalue weighted by Crippen LogP contribution is -2.13. The second kappa shape index (κ2) is 17.2. The second-order valence-corrected chi connectivity index (χ2v) is 17.0. The molecule has 3 nitrogen and oxygen atoms in total. The van der Waals surface area contributed by atoms with Gasteiger partial charge in [0.1, 0.15) is 0 Å². The molecule has 1 aromatic heterocycles. The highest BCUT2D eigenvalue weighted by Gasteiger charge is 2.21. The van der Waals surface area contributed by atoms with Crippen LogP contribution in [0.5, 0.6) is 0 Å². The molecule has 0 N–H and O–H groups in total. The molecular weight excluding hydrogens is 811 g/mol. The van der Waals surface area contributed by atoms with Crippen LogP contribution in [-0.4, -0.2) is 4.57 Å². The predicted octanol–water partition coefficient (Wildman–Crippen LogP) is 17.9. The van der Waals surface area contributed by atoms with Crippen LogP contribution < -0.4 is 9.80 Å². The molecule has 0 aliphatic heterocycles. The molecule has 0 aliphatic carbocycles. The van der Waals surface area contributed by atoms with Crippen LogP contribution in [0, 0.1) is 0 Å². The summed E-state index contributed by atoms with van der Waals surface area (Å²) in [6, 6.07) is 98.5. The molecular formula is C64H45N3. The SMILES string of the molecule is c1ccc(-c2ccc3c(c2)c2ccc(-c4cccc(N(c5ccccc5)c5cccc(N(c6ccccc6)c6ccc(-c7ccccc7)c7ccccc67)c5)c4)cc2n3-c2ccccc2)cc1. The number of para-hydroxylation sites is 3. The molecule has 11 aromatic carbocycles. The molecule has 0 atom stereocenters. The smallest absolute Gasteiger partial charge is 0.0547 e. The Morgan fingerprint density at radius 3 is 1.43 bits per heavy atom. The van der Waals surface area contributed by atoms with Crippen molar-refractivity contribution in [3.8, 4) is 39.1 Å². The van der Waals surface area contributed by atoms with E-state index in [1.54, 1.807) is 0 Å². The van der Waals surface area contributed by atoms with Gasteiger partial charge < -0.3 is 14.4 Å². The third kappa shape index (κ3) is 7.39. The molecule has 0 spiro atoms. The summed E-state index contributed by atoms with van der Waals surface area (Å²) in [4.78, 5) is 4.77. The Morgan fingerprint density at radius 2 is 0.731 bits per heavy atom. The topological polar surface area (TPSA) is 11.4 Å². The summed E-state index contributed by atoms with van der Waals surface area (Å²) < 4.78 is 2.41. The van der Waals surface area contributed by atoms with Gasteiger partial charge in [-0.25, -0.2) is 0 Å². The molecule has 0 fully saturated rings. The van der Waals surface area contributed by atoms with Gasteiger partial charge in [-0.15, -0.1) is 0 Å². The van der Waals surface area contributed by atoms with Gasteiger partial charge in [-0.1, -0.05) is 182 Å². The summed E-state index contributed by atoms with van der Waals surface area (Å²) >= 11 is 0. The minimum atomic E-state index is 1.06. The third-order valence-corrected chi connectivity index (χ3v) is 12.9. The molecule has 316 valence electrons. The van der Waals surface area contributed by atoms with E-state index in [1.165, 1.54) is 54.8 Å². The van der Waals surface area contributed by atoms with E-state index in [-0.39, 0.29) is 0 Å². The number of fused-ring (bicyclic) bond motifs is 4. The van der Waals surface area contributed by atoms with Gasteiger partial charge in [-0.2, -0.15) is 0 Å². The Morgan fingerprint density at radius 1 is 0.239 bits per heavy atom. The molecule has 0 saturated heterocycles. The van der Waals surface area contributed by atoms with E-state index in [9.17, 15) is 0 Å². The highest BCUT2D eigenvalue weighted by Crippen LogP contribution is 2.45. The Kier molecular flexibility index (Phi) is 10.2. The number of nitrogens with zero attached hydrogens (tertiary/aromatic N) is 3. The van der Waals surface area contributed by atoms with Crippen molar-refractivity contribution < 1.29 is 0 Å². The van der Waals surface area contributed by atoms with Gasteiger partial charge in [0, 0.05) is 50.3 Å². The maximum Gasteiger partial charge on any atom is 0.0547 e. The Bertz CT molecular complexity index is 3680. The van der Waals surface area contributed by atoms with E-state index in [0.29, 0.717) is 0 Å². The van der Waals surface area contributed by atoms with Crippen molar-refractivity contribution in [2.75, 3.05) is 9.80 Å². The van der Waals surface area contributed by atoms with Crippen molar-refractivity contribution in [1.82, 2.24) is 4.57 Å². The van der Waals surface area contributed by atoms with Crippen LogP contribution in [0.2, 0.25) is 0 Å². The van der Waals surface area contributed by atoms with Gasteiger partial charge in [0.15, 0.2) is 0 Å². The van der Waals surface area contributed by atoms with Gasteiger partial charge in [0.05, 0.1) is 16.7 Å². The lowest BCUT2D eigenvalue weighted by molar-refractivity contribution is 1.18. The molecule has 0 aliphatic rings. The first kappa shape index (κ1) is 39.7. The quantitative estimate of drug-likeness (QED) is 0.136. The van der Waals surface area contributed by atoms with Crippen molar-refractivity contribution in [3.63, 3.8) is 0 Å². The van der Waals surface area contributed by atoms with Crippen LogP contribution in [0.25, 0.3) is 71.6 Å². The van der Waals surface area contributed by atoms with E-state index in [0.717, 1.165) is 50.9 Å². The van der Waals surface area contributed by atoms with E-state index in [2.05, 4.69) is 287 Å². The fraction of sp³-hybridized carbons (Fsp3) is 0. The number of benzene rings is 11. The Labute approximate surface area is 391 Å². The molecule has 12 aromatic rings. The zero-order valence-electron chi connectivity index (χ0n) is 36.8. The van der Waals surface area contributed by atoms with Crippen molar-refractivity contribution in [1.29, 1.82) is 0 Å². The lowest BCUT2D eigenvalue weighted by atomic mass is 9.96. The largest absolute Gasteiger partial charge is 0.310 e. The summed E-state index contributed by atoms with van der Waals surface area (Å²) in [7, 11) is 0. The van der Waals surface area contributed by atoms with E-state index >= 15 is 0 Å². The maximum atomic E-state index is 2.41. The summed E-state index contributed by atoms with van der Waals surface area (Å²) in [6.07, 6.45) is 0. The fourth-order valence-corrected chi connectivity index (χ4v) is 9.84. The van der Waals surface area contributed by atoms with Crippen LogP contribution in [0.1, 0.15) is 0 Å². The van der Waals surface area contributed by atoms with Gasteiger partial charge in [0.2, 0.25) is 0 Å². The number of aromatic nitrogens is 1. The normalized spacial score (nSPS) is 11.3. The first-order valence-corrected chi connectivity index (χ1v) is 22.9. The molecule has 0 amide bonds. The molecule has 1 heterocycles. The lowest BCUT2D eigenvalue weighted by Gasteiger charge is -2.30. The van der Waals surface area contributed by atoms with Gasteiger partial charge in [-0.3, -0.25) is 0 Å². The molecule has 0 saturated carbocycles. The van der Waals surface area contributed by atoms with Crippen LogP contribution in [0.4, 0.5) is 34.1 Å². The first-order chi connectivity index (χ1) is 33.2. The van der Waals surface area contributed by atoms with Crippen molar-refractivity contribution in [2.45, 2.75) is 0 Å². The summed E-state index contributed by atoms with van der Waals surface area (Å²) in [5.41, 5.74) is 17.1. The van der Waals surface area contributed by atoms with Gasteiger partial charge in [-0.05, 0) is 130 Å². The van der Waals surface area contributed by atoms with Gasteiger partial charge in [0.25, 0.3) is 0 Å². The van der Waals surface area contributed by atoms with Crippen molar-refractivity contribution >= 4 is 66.7 Å². The molecule has 12 rings (SSSR count). The zero-order valence-corrected chi connectivity index (χ0v) is 36.8. The fourth-order valence-electron chi connectivity index (χ4n) is 9.84. The zero-order chi connectivity index (χ0) is 44.5. The monoisotopic (exact) mass is 855 g/mol. The number of anilines is 6. The standard InChI is InChI=1S/C64H45N3/c1-6-20-46(21-7-1)49-37-40-63-61(43-49)60-38-36-50(44-64(60)67(63)53-29-14-5-15-30-53)48-24-18-31-54(42-48)65(51-25-10-3-11-26-51)55-32-19-33-56(45-55)66(52-27-12-4-13-28-52)62-41-39-57(47-22-8-2-9-23-47)58-34-16-17-35-59(58)62/h1-45H. The average Bonchev–Trinajstić information content (AvgIpc) is 3.73. The average molecular weight is 856 g/mol. The first-order valence-electron chi connectivity index (χ1n) is 22.9. The van der Waals surface area contributed by atoms with E-state index < -0.39 is 0 Å². The highest BCUT2D eigenvalue weighted by atomic mass is 15.2. The Hall–Kier alpha value is -8.92. The minimum Gasteiger partial charge on any atom is -0.310 e. The van der Waals surface area contributed by atoms with E-state index in [4.69, 9.17) is 0 Å². The summed E-state index contributed by atoms with van der Waals surface area (Å²) in [5, 5.41) is 4.86. The van der Waals surface area contributed by atoms with Crippen LogP contribution in [-0.2, 0) is 0 Å². The maximum absolute atomic E-state index is 2.41. The molecule has 0 radical (unpaired) electrons. The van der Waals surface area contributed by atoms with Gasteiger partial charge >= 0.3 is 0 Å². The van der Waals surface area contributed by atoms with Crippen LogP contribution in [0.3, 0.4) is 0 Å². The van der Waals surface area contributed by atoms with E-state index in [1.807, 2.05) is 0 Å². The molecule has 67 heavy (non-hydrogen) atoms.